The van der Waals surface area contributed by atoms with Crippen LogP contribution in [0.15, 0.2) is 30.3 Å². The van der Waals surface area contributed by atoms with Crippen LogP contribution in [0.4, 0.5) is 0 Å². The van der Waals surface area contributed by atoms with Crippen LogP contribution in [0.2, 0.25) is 0 Å². The maximum atomic E-state index is 12.3. The van der Waals surface area contributed by atoms with Crippen LogP contribution in [-0.2, 0) is 14.3 Å². The lowest BCUT2D eigenvalue weighted by Gasteiger charge is -2.23. The summed E-state index contributed by atoms with van der Waals surface area (Å²) in [6, 6.07) is 9.69. The van der Waals surface area contributed by atoms with Gasteiger partial charge in [0.25, 0.3) is 0 Å². The first-order valence-corrected chi connectivity index (χ1v) is 6.57. The minimum atomic E-state index is -0.964. The van der Waals surface area contributed by atoms with E-state index in [9.17, 15) is 9.59 Å². The van der Waals surface area contributed by atoms with E-state index in [4.69, 9.17) is 4.74 Å². The van der Waals surface area contributed by atoms with Gasteiger partial charge in [-0.3, -0.25) is 9.59 Å². The van der Waals surface area contributed by atoms with Crippen LogP contribution in [0.3, 0.4) is 0 Å². The SMILES string of the molecule is CC(=O)[C@]1(C(=O)OC(C)(C)C)C[C@H]1c1ccccc1. The normalized spacial score (nSPS) is 25.8. The van der Waals surface area contributed by atoms with Crippen LogP contribution < -0.4 is 0 Å². The van der Waals surface area contributed by atoms with Crippen molar-refractivity contribution >= 4 is 11.8 Å². The zero-order valence-electron chi connectivity index (χ0n) is 11.9. The van der Waals surface area contributed by atoms with Crippen molar-refractivity contribution < 1.29 is 14.3 Å². The molecule has 1 aliphatic rings. The molecule has 102 valence electrons. The van der Waals surface area contributed by atoms with Crippen molar-refractivity contribution in [1.29, 1.82) is 0 Å². The average Bonchev–Trinajstić information content (AvgIpc) is 3.04. The number of ether oxygens (including phenoxy) is 1. The average molecular weight is 260 g/mol. The highest BCUT2D eigenvalue weighted by atomic mass is 16.6. The maximum absolute atomic E-state index is 12.3. The third kappa shape index (κ3) is 2.55. The molecule has 0 aliphatic heterocycles. The van der Waals surface area contributed by atoms with Crippen LogP contribution in [-0.4, -0.2) is 17.4 Å². The summed E-state index contributed by atoms with van der Waals surface area (Å²) in [7, 11) is 0. The summed E-state index contributed by atoms with van der Waals surface area (Å²) in [5.41, 5.74) is -0.499. The van der Waals surface area contributed by atoms with E-state index in [1.54, 1.807) is 0 Å². The second kappa shape index (κ2) is 4.48. The van der Waals surface area contributed by atoms with Crippen LogP contribution in [0.5, 0.6) is 0 Å². The number of esters is 1. The first-order chi connectivity index (χ1) is 8.77. The molecule has 3 nitrogen and oxygen atoms in total. The Morgan fingerprint density at radius 3 is 2.26 bits per heavy atom. The summed E-state index contributed by atoms with van der Waals surface area (Å²) in [5, 5.41) is 0. The predicted molar refractivity (Wildman–Crippen MR) is 72.8 cm³/mol. The lowest BCUT2D eigenvalue weighted by Crippen LogP contribution is -2.34. The maximum Gasteiger partial charge on any atom is 0.320 e. The van der Waals surface area contributed by atoms with E-state index in [0.717, 1.165) is 5.56 Å². The molecule has 1 saturated carbocycles. The zero-order valence-corrected chi connectivity index (χ0v) is 11.9. The number of carbonyl (C=O) groups is 2. The molecule has 0 aromatic heterocycles. The van der Waals surface area contributed by atoms with E-state index in [1.165, 1.54) is 6.92 Å². The molecule has 0 spiro atoms. The second-order valence-corrected chi connectivity index (χ2v) is 6.20. The molecular weight excluding hydrogens is 240 g/mol. The van der Waals surface area contributed by atoms with E-state index >= 15 is 0 Å². The van der Waals surface area contributed by atoms with Gasteiger partial charge >= 0.3 is 5.97 Å². The van der Waals surface area contributed by atoms with Gasteiger partial charge in [-0.2, -0.15) is 0 Å². The number of hydrogen-bond acceptors (Lipinski definition) is 3. The Morgan fingerprint density at radius 2 is 1.79 bits per heavy atom. The molecule has 1 fully saturated rings. The molecule has 3 heteroatoms. The van der Waals surface area contributed by atoms with Gasteiger partial charge in [0.2, 0.25) is 0 Å². The topological polar surface area (TPSA) is 43.4 Å². The first-order valence-electron chi connectivity index (χ1n) is 6.57. The fourth-order valence-electron chi connectivity index (χ4n) is 2.48. The molecule has 19 heavy (non-hydrogen) atoms. The van der Waals surface area contributed by atoms with Gasteiger partial charge in [-0.25, -0.2) is 0 Å². The number of rotatable bonds is 3. The molecule has 1 aromatic rings. The van der Waals surface area contributed by atoms with Gasteiger partial charge in [-0.05, 0) is 39.7 Å². The third-order valence-electron chi connectivity index (χ3n) is 3.55. The molecule has 2 atom stereocenters. The first kappa shape index (κ1) is 13.8. The summed E-state index contributed by atoms with van der Waals surface area (Å²) < 4.78 is 5.42. The summed E-state index contributed by atoms with van der Waals surface area (Å²) >= 11 is 0. The van der Waals surface area contributed by atoms with Gasteiger partial charge in [-0.1, -0.05) is 30.3 Å². The van der Waals surface area contributed by atoms with Crippen LogP contribution in [0.1, 0.15) is 45.6 Å². The zero-order chi connectivity index (χ0) is 14.3. The molecule has 0 heterocycles. The molecular formula is C16H20O3. The fourth-order valence-corrected chi connectivity index (χ4v) is 2.48. The van der Waals surface area contributed by atoms with Crippen molar-refractivity contribution in [3.8, 4) is 0 Å². The van der Waals surface area contributed by atoms with E-state index in [0.29, 0.717) is 6.42 Å². The summed E-state index contributed by atoms with van der Waals surface area (Å²) in [5.74, 6) is -0.530. The van der Waals surface area contributed by atoms with Crippen molar-refractivity contribution in [2.45, 2.75) is 45.6 Å². The van der Waals surface area contributed by atoms with Gasteiger partial charge in [0.05, 0.1) is 0 Å². The van der Waals surface area contributed by atoms with Gasteiger partial charge in [0.1, 0.15) is 16.8 Å². The smallest absolute Gasteiger partial charge is 0.320 e. The molecule has 0 radical (unpaired) electrons. The van der Waals surface area contributed by atoms with Crippen molar-refractivity contribution in [3.63, 3.8) is 0 Å². The lowest BCUT2D eigenvalue weighted by atomic mass is 9.95. The van der Waals surface area contributed by atoms with E-state index in [1.807, 2.05) is 51.1 Å². The number of ketones is 1. The summed E-state index contributed by atoms with van der Waals surface area (Å²) in [4.78, 5) is 24.3. The summed E-state index contributed by atoms with van der Waals surface area (Å²) in [6.07, 6.45) is 0.557. The van der Waals surface area contributed by atoms with Crippen molar-refractivity contribution in [2.24, 2.45) is 5.41 Å². The highest BCUT2D eigenvalue weighted by Gasteiger charge is 2.65. The monoisotopic (exact) mass is 260 g/mol. The Kier molecular flexibility index (Phi) is 3.25. The number of Topliss-reactive ketones (excluding diaryl/α,β-unsaturated/α-hetero) is 1. The van der Waals surface area contributed by atoms with Crippen molar-refractivity contribution in [3.05, 3.63) is 35.9 Å². The van der Waals surface area contributed by atoms with Crippen LogP contribution >= 0.6 is 0 Å². The Hall–Kier alpha value is -1.64. The van der Waals surface area contributed by atoms with Gasteiger partial charge in [0.15, 0.2) is 0 Å². The van der Waals surface area contributed by atoms with E-state index < -0.39 is 11.0 Å². The van der Waals surface area contributed by atoms with Gasteiger partial charge in [0, 0.05) is 5.92 Å². The molecule has 1 aromatic carbocycles. The fraction of sp³-hybridized carbons (Fsp3) is 0.500. The van der Waals surface area contributed by atoms with Crippen molar-refractivity contribution in [1.82, 2.24) is 0 Å². The highest BCUT2D eigenvalue weighted by molar-refractivity contribution is 6.07. The Bertz CT molecular complexity index is 498. The van der Waals surface area contributed by atoms with Crippen LogP contribution in [0.25, 0.3) is 0 Å². The molecule has 0 saturated heterocycles. The van der Waals surface area contributed by atoms with Crippen LogP contribution in [0, 0.1) is 5.41 Å². The molecule has 1 aliphatic carbocycles. The molecule has 0 unspecified atom stereocenters. The molecule has 2 rings (SSSR count). The predicted octanol–water partition coefficient (Wildman–Crippen LogP) is 3.09. The Labute approximate surface area is 114 Å². The van der Waals surface area contributed by atoms with E-state index in [2.05, 4.69) is 0 Å². The van der Waals surface area contributed by atoms with Gasteiger partial charge in [-0.15, -0.1) is 0 Å². The standard InChI is InChI=1S/C16H20O3/c1-11(17)16(14(18)19-15(2,3)4)10-13(16)12-8-6-5-7-9-12/h5-9,13H,10H2,1-4H3/t13-,16+/m0/s1. The minimum Gasteiger partial charge on any atom is -0.459 e. The number of benzene rings is 1. The third-order valence-corrected chi connectivity index (χ3v) is 3.55. The minimum absolute atomic E-state index is 0.0407. The lowest BCUT2D eigenvalue weighted by molar-refractivity contribution is -0.164. The second-order valence-electron chi connectivity index (χ2n) is 6.20. The molecule has 0 amide bonds. The molecule has 0 bridgehead atoms. The highest BCUT2D eigenvalue weighted by Crippen LogP contribution is 2.60. The van der Waals surface area contributed by atoms with E-state index in [-0.39, 0.29) is 17.7 Å². The summed E-state index contributed by atoms with van der Waals surface area (Å²) in [6.45, 7) is 6.93. The largest absolute Gasteiger partial charge is 0.459 e. The number of hydrogen-bond donors (Lipinski definition) is 0. The molecule has 0 N–H and O–H groups in total. The Morgan fingerprint density at radius 1 is 1.21 bits per heavy atom. The quantitative estimate of drug-likeness (QED) is 0.619. The van der Waals surface area contributed by atoms with Gasteiger partial charge < -0.3 is 4.74 Å². The number of carbonyl (C=O) groups excluding carboxylic acids is 2. The Balaban J connectivity index is 2.24. The van der Waals surface area contributed by atoms with Crippen molar-refractivity contribution in [2.75, 3.05) is 0 Å².